The Morgan fingerprint density at radius 3 is 2.55 bits per heavy atom. The van der Waals surface area contributed by atoms with Crippen molar-refractivity contribution < 1.29 is 5.11 Å². The van der Waals surface area contributed by atoms with Gasteiger partial charge in [-0.2, -0.15) is 10.2 Å². The number of hydrogen-bond donors (Lipinski definition) is 2. The van der Waals surface area contributed by atoms with Crippen LogP contribution in [-0.2, 0) is 0 Å². The van der Waals surface area contributed by atoms with Crippen LogP contribution >= 0.6 is 0 Å². The molecule has 2 aliphatic rings. The predicted octanol–water partition coefficient (Wildman–Crippen LogP) is 3.05. The van der Waals surface area contributed by atoms with Gasteiger partial charge in [0.05, 0.1) is 29.1 Å². The van der Waals surface area contributed by atoms with Gasteiger partial charge in [-0.3, -0.25) is 0 Å². The van der Waals surface area contributed by atoms with E-state index in [1.165, 1.54) is 0 Å². The number of aliphatic hydroxyl groups is 1. The SMILES string of the molecule is CN1CCN(c2ncn(-c3ccc(Nc4nccc(-c5cc(C#N)cc(N6CCCC(O)C6)c5)n4)cc3)n2)CC1. The summed E-state index contributed by atoms with van der Waals surface area (Å²) in [5.41, 5.74) is 4.77. The molecule has 11 heteroatoms. The van der Waals surface area contributed by atoms with Crippen molar-refractivity contribution in [2.24, 2.45) is 0 Å². The number of aliphatic hydroxyl groups excluding tert-OH is 1. The molecule has 2 aliphatic heterocycles. The van der Waals surface area contributed by atoms with Crippen LogP contribution in [0.25, 0.3) is 16.9 Å². The maximum Gasteiger partial charge on any atom is 0.245 e. The fraction of sp³-hybridized carbons (Fsp3) is 0.345. The lowest BCUT2D eigenvalue weighted by Gasteiger charge is -2.32. The van der Waals surface area contributed by atoms with E-state index >= 15 is 0 Å². The first kappa shape index (κ1) is 25.7. The van der Waals surface area contributed by atoms with Crippen molar-refractivity contribution in [3.05, 3.63) is 66.6 Å². The molecule has 204 valence electrons. The molecule has 1 atom stereocenters. The Labute approximate surface area is 233 Å². The van der Waals surface area contributed by atoms with E-state index in [1.54, 1.807) is 17.2 Å². The molecule has 0 radical (unpaired) electrons. The lowest BCUT2D eigenvalue weighted by Crippen LogP contribution is -2.45. The number of nitriles is 1. The topological polar surface area (TPSA) is 122 Å². The minimum Gasteiger partial charge on any atom is -0.391 e. The quantitative estimate of drug-likeness (QED) is 0.380. The highest BCUT2D eigenvalue weighted by Crippen LogP contribution is 2.28. The van der Waals surface area contributed by atoms with Gasteiger partial charge in [0.15, 0.2) is 0 Å². The average Bonchev–Trinajstić information content (AvgIpc) is 3.48. The monoisotopic (exact) mass is 536 g/mol. The Morgan fingerprint density at radius 1 is 0.950 bits per heavy atom. The number of piperidine rings is 1. The molecule has 2 fully saturated rings. The largest absolute Gasteiger partial charge is 0.391 e. The molecule has 2 aromatic carbocycles. The van der Waals surface area contributed by atoms with Gasteiger partial charge in [-0.25, -0.2) is 14.6 Å². The third-order valence-electron chi connectivity index (χ3n) is 7.41. The number of nitrogens with one attached hydrogen (secondary N) is 1. The predicted molar refractivity (Wildman–Crippen MR) is 154 cm³/mol. The molecule has 4 heterocycles. The summed E-state index contributed by atoms with van der Waals surface area (Å²) in [4.78, 5) is 20.3. The van der Waals surface area contributed by atoms with Crippen molar-refractivity contribution in [2.45, 2.75) is 18.9 Å². The minimum atomic E-state index is -0.354. The van der Waals surface area contributed by atoms with Crippen molar-refractivity contribution in [1.82, 2.24) is 29.6 Å². The molecular formula is C29H32N10O. The van der Waals surface area contributed by atoms with Crippen LogP contribution in [0.5, 0.6) is 0 Å². The molecule has 4 aromatic rings. The first-order chi connectivity index (χ1) is 19.5. The van der Waals surface area contributed by atoms with Crippen LogP contribution in [0.3, 0.4) is 0 Å². The summed E-state index contributed by atoms with van der Waals surface area (Å²) in [7, 11) is 2.13. The molecule has 0 amide bonds. The summed E-state index contributed by atoms with van der Waals surface area (Å²) in [5.74, 6) is 1.21. The van der Waals surface area contributed by atoms with Gasteiger partial charge in [0, 0.05) is 62.4 Å². The zero-order chi connectivity index (χ0) is 27.5. The summed E-state index contributed by atoms with van der Waals surface area (Å²) in [6.45, 7) is 5.27. The number of anilines is 4. The number of benzene rings is 2. The lowest BCUT2D eigenvalue weighted by atomic mass is 10.0. The van der Waals surface area contributed by atoms with Gasteiger partial charge in [0.1, 0.15) is 6.33 Å². The second-order valence-corrected chi connectivity index (χ2v) is 10.3. The zero-order valence-electron chi connectivity index (χ0n) is 22.5. The molecule has 2 N–H and O–H groups in total. The Kier molecular flexibility index (Phi) is 7.27. The third-order valence-corrected chi connectivity index (χ3v) is 7.41. The molecule has 0 saturated carbocycles. The molecule has 2 aromatic heterocycles. The summed E-state index contributed by atoms with van der Waals surface area (Å²) >= 11 is 0. The first-order valence-corrected chi connectivity index (χ1v) is 13.6. The van der Waals surface area contributed by atoms with E-state index in [9.17, 15) is 10.4 Å². The molecule has 2 saturated heterocycles. The second-order valence-electron chi connectivity index (χ2n) is 10.3. The Hall–Kier alpha value is -4.53. The van der Waals surface area contributed by atoms with E-state index in [0.717, 1.165) is 74.1 Å². The Morgan fingerprint density at radius 2 is 1.77 bits per heavy atom. The normalized spacial score (nSPS) is 18.0. The van der Waals surface area contributed by atoms with Crippen LogP contribution in [0.1, 0.15) is 18.4 Å². The summed E-state index contributed by atoms with van der Waals surface area (Å²) in [6, 6.07) is 17.7. The molecule has 11 nitrogen and oxygen atoms in total. The van der Waals surface area contributed by atoms with Gasteiger partial charge in [-0.1, -0.05) is 0 Å². The molecular weight excluding hydrogens is 504 g/mol. The van der Waals surface area contributed by atoms with Gasteiger partial charge < -0.3 is 25.1 Å². The van der Waals surface area contributed by atoms with E-state index in [4.69, 9.17) is 4.98 Å². The lowest BCUT2D eigenvalue weighted by molar-refractivity contribution is 0.154. The molecule has 0 bridgehead atoms. The van der Waals surface area contributed by atoms with Gasteiger partial charge in [0.25, 0.3) is 0 Å². The fourth-order valence-electron chi connectivity index (χ4n) is 5.13. The molecule has 40 heavy (non-hydrogen) atoms. The number of piperazine rings is 1. The van der Waals surface area contributed by atoms with Gasteiger partial charge in [-0.05, 0) is 68.4 Å². The van der Waals surface area contributed by atoms with E-state index in [-0.39, 0.29) is 6.10 Å². The van der Waals surface area contributed by atoms with Crippen LogP contribution < -0.4 is 15.1 Å². The maximum atomic E-state index is 10.1. The molecule has 6 rings (SSSR count). The summed E-state index contributed by atoms with van der Waals surface area (Å²) < 4.78 is 1.79. The minimum absolute atomic E-state index is 0.354. The first-order valence-electron chi connectivity index (χ1n) is 13.6. The van der Waals surface area contributed by atoms with Gasteiger partial charge >= 0.3 is 0 Å². The number of hydrogen-bond acceptors (Lipinski definition) is 10. The third kappa shape index (κ3) is 5.73. The standard InChI is InChI=1S/C29H32N10O/c1-36-11-13-37(14-12-36)29-32-20-39(35-29)24-6-4-23(5-7-24)33-28-31-9-8-27(34-28)22-15-21(18-30)16-25(17-22)38-10-2-3-26(40)19-38/h4-9,15-17,20,26,40H,2-3,10-14,19H2,1H3,(H,31,33,34). The van der Waals surface area contributed by atoms with Gasteiger partial charge in [-0.15, -0.1) is 5.10 Å². The molecule has 0 spiro atoms. The van der Waals surface area contributed by atoms with Crippen LogP contribution in [0.4, 0.5) is 23.3 Å². The van der Waals surface area contributed by atoms with Crippen LogP contribution in [-0.4, -0.2) is 87.2 Å². The van der Waals surface area contributed by atoms with Crippen LogP contribution in [0, 0.1) is 11.3 Å². The number of likely N-dealkylation sites (N-methyl/N-ethyl adjacent to an activating group) is 1. The highest BCUT2D eigenvalue weighted by Gasteiger charge is 2.20. The maximum absolute atomic E-state index is 10.1. The van der Waals surface area contributed by atoms with Crippen molar-refractivity contribution in [3.8, 4) is 23.0 Å². The fourth-order valence-corrected chi connectivity index (χ4v) is 5.13. The highest BCUT2D eigenvalue weighted by molar-refractivity contribution is 5.70. The summed E-state index contributed by atoms with van der Waals surface area (Å²) in [5, 5.41) is 27.7. The van der Waals surface area contributed by atoms with Crippen molar-refractivity contribution in [3.63, 3.8) is 0 Å². The Bertz CT molecular complexity index is 1500. The van der Waals surface area contributed by atoms with E-state index in [0.29, 0.717) is 23.8 Å². The van der Waals surface area contributed by atoms with E-state index < -0.39 is 0 Å². The number of β-amino-alcohol motifs (C(OH)–C–C–N with tert-alkyl or cyclic N) is 1. The summed E-state index contributed by atoms with van der Waals surface area (Å²) in [6.07, 6.45) is 4.82. The molecule has 1 unspecified atom stereocenters. The molecule has 0 aliphatic carbocycles. The van der Waals surface area contributed by atoms with Crippen molar-refractivity contribution in [2.75, 3.05) is 61.4 Å². The Balaban J connectivity index is 1.17. The van der Waals surface area contributed by atoms with E-state index in [1.807, 2.05) is 48.5 Å². The average molecular weight is 537 g/mol. The van der Waals surface area contributed by atoms with Crippen LogP contribution in [0.2, 0.25) is 0 Å². The smallest absolute Gasteiger partial charge is 0.245 e. The number of aromatic nitrogens is 5. The van der Waals surface area contributed by atoms with Crippen molar-refractivity contribution >= 4 is 23.3 Å². The number of rotatable bonds is 6. The van der Waals surface area contributed by atoms with Gasteiger partial charge in [0.2, 0.25) is 11.9 Å². The van der Waals surface area contributed by atoms with Crippen LogP contribution in [0.15, 0.2) is 61.1 Å². The zero-order valence-corrected chi connectivity index (χ0v) is 22.5. The highest BCUT2D eigenvalue weighted by atomic mass is 16.3. The second kappa shape index (κ2) is 11.3. The van der Waals surface area contributed by atoms with Crippen molar-refractivity contribution in [1.29, 1.82) is 5.26 Å². The number of nitrogens with zero attached hydrogens (tertiary/aromatic N) is 9. The van der Waals surface area contributed by atoms with E-state index in [2.05, 4.69) is 48.2 Å².